The number of aromatic nitrogens is 6. The Balaban J connectivity index is 1.21. The van der Waals surface area contributed by atoms with Crippen LogP contribution in [0.3, 0.4) is 0 Å². The molecule has 1 saturated heterocycles. The van der Waals surface area contributed by atoms with Gasteiger partial charge in [0.05, 0.1) is 24.0 Å². The molecular formula is C30H35F5N8O. The molecule has 3 aliphatic rings. The summed E-state index contributed by atoms with van der Waals surface area (Å²) >= 11 is 0. The number of alkyl halides is 5. The summed E-state index contributed by atoms with van der Waals surface area (Å²) in [6, 6.07) is 4.22. The number of nitrogens with zero attached hydrogens (tertiary/aromatic N) is 8. The van der Waals surface area contributed by atoms with E-state index in [1.165, 1.54) is 12.1 Å². The van der Waals surface area contributed by atoms with E-state index in [1.54, 1.807) is 17.1 Å². The van der Waals surface area contributed by atoms with Crippen molar-refractivity contribution in [3.63, 3.8) is 0 Å². The van der Waals surface area contributed by atoms with E-state index < -0.39 is 29.3 Å². The Labute approximate surface area is 250 Å². The van der Waals surface area contributed by atoms with Crippen LogP contribution in [0.4, 0.5) is 27.8 Å². The molecule has 4 aromatic rings. The Bertz CT molecular complexity index is 1650. The Hall–Kier alpha value is -3.39. The lowest BCUT2D eigenvalue weighted by atomic mass is 9.73. The predicted octanol–water partition coefficient (Wildman–Crippen LogP) is 5.48. The van der Waals surface area contributed by atoms with E-state index in [1.807, 2.05) is 18.4 Å². The van der Waals surface area contributed by atoms with Crippen molar-refractivity contribution in [2.24, 2.45) is 5.92 Å². The number of anilines is 1. The second-order valence-electron chi connectivity index (χ2n) is 13.0. The van der Waals surface area contributed by atoms with E-state index in [9.17, 15) is 27.1 Å². The highest BCUT2D eigenvalue weighted by Crippen LogP contribution is 2.51. The van der Waals surface area contributed by atoms with Gasteiger partial charge in [0.15, 0.2) is 11.5 Å². The summed E-state index contributed by atoms with van der Waals surface area (Å²) in [5.41, 5.74) is 0.418. The van der Waals surface area contributed by atoms with Gasteiger partial charge in [-0.3, -0.25) is 4.90 Å². The topological polar surface area (TPSA) is 87.6 Å². The molecule has 1 N–H and O–H groups in total. The van der Waals surface area contributed by atoms with Gasteiger partial charge in [-0.1, -0.05) is 25.0 Å². The molecule has 0 spiro atoms. The maximum absolute atomic E-state index is 14.1. The third kappa shape index (κ3) is 5.09. The molecule has 2 saturated carbocycles. The third-order valence-corrected chi connectivity index (χ3v) is 9.80. The molecule has 0 amide bonds. The number of benzene rings is 1. The molecule has 3 aromatic heterocycles. The molecule has 0 radical (unpaired) electrons. The van der Waals surface area contributed by atoms with Crippen LogP contribution in [0.25, 0.3) is 16.9 Å². The first kappa shape index (κ1) is 29.3. The average molecular weight is 619 g/mol. The minimum Gasteiger partial charge on any atom is -0.388 e. The van der Waals surface area contributed by atoms with Crippen molar-refractivity contribution in [1.82, 2.24) is 34.0 Å². The zero-order chi connectivity index (χ0) is 31.0. The SMILES string of the molecule is C[C@@H]1CN(c2nc3nncn3c3c2ncn3CC2(O)CCCC2)[C@@H](C)CN1C(c1ccc(C(F)(F)F)cc1)C1CC(F)(F)C1. The molecule has 1 unspecified atom stereocenters. The minimum absolute atomic E-state index is 0.131. The van der Waals surface area contributed by atoms with E-state index in [4.69, 9.17) is 9.97 Å². The molecule has 3 fully saturated rings. The zero-order valence-electron chi connectivity index (χ0n) is 24.6. The first-order valence-electron chi connectivity index (χ1n) is 15.2. The van der Waals surface area contributed by atoms with Crippen molar-refractivity contribution >= 4 is 22.8 Å². The summed E-state index contributed by atoms with van der Waals surface area (Å²) in [6.45, 7) is 5.40. The summed E-state index contributed by atoms with van der Waals surface area (Å²) in [7, 11) is 0. The van der Waals surface area contributed by atoms with Gasteiger partial charge in [-0.05, 0) is 50.3 Å². The van der Waals surface area contributed by atoms with Crippen LogP contribution < -0.4 is 4.90 Å². The number of piperazine rings is 1. The number of aliphatic hydroxyl groups is 1. The van der Waals surface area contributed by atoms with Crippen LogP contribution in [-0.2, 0) is 12.7 Å². The molecule has 44 heavy (non-hydrogen) atoms. The Morgan fingerprint density at radius 3 is 2.36 bits per heavy atom. The van der Waals surface area contributed by atoms with Gasteiger partial charge in [0.2, 0.25) is 5.92 Å². The Morgan fingerprint density at radius 2 is 1.70 bits per heavy atom. The van der Waals surface area contributed by atoms with Crippen LogP contribution in [0.2, 0.25) is 0 Å². The molecule has 1 aliphatic heterocycles. The first-order chi connectivity index (χ1) is 20.8. The number of rotatable bonds is 6. The second kappa shape index (κ2) is 10.3. The molecular weight excluding hydrogens is 583 g/mol. The van der Waals surface area contributed by atoms with Crippen molar-refractivity contribution in [3.05, 3.63) is 48.0 Å². The van der Waals surface area contributed by atoms with Crippen molar-refractivity contribution in [1.29, 1.82) is 0 Å². The molecule has 4 heterocycles. The Morgan fingerprint density at radius 1 is 1.00 bits per heavy atom. The quantitative estimate of drug-likeness (QED) is 0.286. The second-order valence-corrected chi connectivity index (χ2v) is 13.0. The van der Waals surface area contributed by atoms with Gasteiger partial charge >= 0.3 is 6.18 Å². The van der Waals surface area contributed by atoms with Gasteiger partial charge in [-0.2, -0.15) is 18.2 Å². The monoisotopic (exact) mass is 618 g/mol. The maximum Gasteiger partial charge on any atom is 0.416 e. The number of fused-ring (bicyclic) bond motifs is 3. The minimum atomic E-state index is -4.48. The summed E-state index contributed by atoms with van der Waals surface area (Å²) < 4.78 is 71.8. The van der Waals surface area contributed by atoms with Crippen molar-refractivity contribution in [3.8, 4) is 0 Å². The average Bonchev–Trinajstić information content (AvgIpc) is 3.69. The van der Waals surface area contributed by atoms with Crippen molar-refractivity contribution in [2.45, 2.75) is 94.7 Å². The molecule has 3 atom stereocenters. The standard InChI is InChI=1S/C30H35F5N8O/c1-18-14-42(25-23-26(43-17-37-39-27(43)38-25)40(16-36-23)15-28(44)9-3-4-10-28)19(2)13-41(18)24(21-11-29(31,32)12-21)20-5-7-22(8-6-20)30(33,34)35/h5-8,16-19,21,24,44H,3-4,9-15H2,1-2H3/t18-,19+,24?/m1/s1. The normalized spacial score (nSPS) is 25.1. The summed E-state index contributed by atoms with van der Waals surface area (Å²) in [6.07, 6.45) is 1.62. The lowest BCUT2D eigenvalue weighted by Crippen LogP contribution is -2.59. The molecule has 14 heteroatoms. The molecule has 7 rings (SSSR count). The van der Waals surface area contributed by atoms with Gasteiger partial charge in [-0.25, -0.2) is 18.2 Å². The Kier molecular flexibility index (Phi) is 6.88. The van der Waals surface area contributed by atoms with Crippen LogP contribution in [-0.4, -0.2) is 75.8 Å². The fourth-order valence-electron chi connectivity index (χ4n) is 7.58. The lowest BCUT2D eigenvalue weighted by molar-refractivity contribution is -0.138. The molecule has 1 aromatic carbocycles. The summed E-state index contributed by atoms with van der Waals surface area (Å²) in [5.74, 6) is -2.12. The molecule has 0 bridgehead atoms. The van der Waals surface area contributed by atoms with Crippen LogP contribution in [0, 0.1) is 5.92 Å². The maximum atomic E-state index is 14.1. The van der Waals surface area contributed by atoms with Crippen LogP contribution in [0.1, 0.15) is 69.5 Å². The highest BCUT2D eigenvalue weighted by atomic mass is 19.4. The number of halogens is 5. The third-order valence-electron chi connectivity index (χ3n) is 9.80. The van der Waals surface area contributed by atoms with Gasteiger partial charge in [-0.15, -0.1) is 10.2 Å². The first-order valence-corrected chi connectivity index (χ1v) is 15.2. The van der Waals surface area contributed by atoms with E-state index >= 15 is 0 Å². The van der Waals surface area contributed by atoms with Gasteiger partial charge in [0.25, 0.3) is 5.78 Å². The van der Waals surface area contributed by atoms with Gasteiger partial charge in [0, 0.05) is 44.1 Å². The van der Waals surface area contributed by atoms with E-state index in [2.05, 4.69) is 20.0 Å². The largest absolute Gasteiger partial charge is 0.416 e. The van der Waals surface area contributed by atoms with Crippen molar-refractivity contribution < 1.29 is 27.1 Å². The van der Waals surface area contributed by atoms with Gasteiger partial charge in [0.1, 0.15) is 11.8 Å². The van der Waals surface area contributed by atoms with Crippen LogP contribution >= 0.6 is 0 Å². The summed E-state index contributed by atoms with van der Waals surface area (Å²) in [4.78, 5) is 13.9. The van der Waals surface area contributed by atoms with Crippen LogP contribution in [0.15, 0.2) is 36.9 Å². The van der Waals surface area contributed by atoms with E-state index in [0.717, 1.165) is 43.5 Å². The molecule has 236 valence electrons. The van der Waals surface area contributed by atoms with E-state index in [-0.39, 0.29) is 30.8 Å². The fourth-order valence-corrected chi connectivity index (χ4v) is 7.58. The zero-order valence-corrected chi connectivity index (χ0v) is 24.6. The predicted molar refractivity (Wildman–Crippen MR) is 152 cm³/mol. The highest BCUT2D eigenvalue weighted by Gasteiger charge is 2.51. The molecule has 2 aliphatic carbocycles. The smallest absolute Gasteiger partial charge is 0.388 e. The number of hydrogen-bond acceptors (Lipinski definition) is 7. The lowest BCUT2D eigenvalue weighted by Gasteiger charge is -2.52. The van der Waals surface area contributed by atoms with Gasteiger partial charge < -0.3 is 14.6 Å². The molecule has 9 nitrogen and oxygen atoms in total. The van der Waals surface area contributed by atoms with E-state index in [0.29, 0.717) is 42.3 Å². The highest BCUT2D eigenvalue weighted by molar-refractivity contribution is 5.86. The number of hydrogen-bond donors (Lipinski definition) is 1. The number of imidazole rings is 1. The summed E-state index contributed by atoms with van der Waals surface area (Å²) in [5, 5.41) is 19.4. The van der Waals surface area contributed by atoms with Crippen molar-refractivity contribution in [2.75, 3.05) is 18.0 Å². The van der Waals surface area contributed by atoms with Crippen LogP contribution in [0.5, 0.6) is 0 Å². The fraction of sp³-hybridized carbons (Fsp3) is 0.600.